The maximum Gasteiger partial charge on any atom is 0.338 e. The molecule has 2 aromatic rings. The van der Waals surface area contributed by atoms with Crippen molar-refractivity contribution in [2.75, 3.05) is 11.5 Å². The molecule has 0 spiro atoms. The summed E-state index contributed by atoms with van der Waals surface area (Å²) in [5.74, 6) is -0.0569. The third kappa shape index (κ3) is 4.86. The van der Waals surface area contributed by atoms with Crippen LogP contribution in [0.25, 0.3) is 0 Å². The summed E-state index contributed by atoms with van der Waals surface area (Å²) in [5, 5.41) is 17.7. The molecule has 1 fully saturated rings. The van der Waals surface area contributed by atoms with Gasteiger partial charge in [0.25, 0.3) is 0 Å². The van der Waals surface area contributed by atoms with Gasteiger partial charge in [-0.2, -0.15) is 10.5 Å². The van der Waals surface area contributed by atoms with Crippen molar-refractivity contribution in [2.24, 2.45) is 0 Å². The zero-order valence-electron chi connectivity index (χ0n) is 14.5. The standard InChI is InChI=1S/C20H14N2O4S2/c21-9-13-1-5-15(6-2-13)19(23)25-17-11-27-28-12-18(17)26-20(24)16-7-3-14(10-22)4-8-16/h1-8,17-18H,11-12H2/t17-,18-/m0/s1. The fourth-order valence-corrected chi connectivity index (χ4v) is 4.85. The van der Waals surface area contributed by atoms with Crippen LogP contribution in [0.5, 0.6) is 0 Å². The molecule has 2 atom stereocenters. The van der Waals surface area contributed by atoms with Gasteiger partial charge >= 0.3 is 11.9 Å². The van der Waals surface area contributed by atoms with Crippen LogP contribution in [0.3, 0.4) is 0 Å². The summed E-state index contributed by atoms with van der Waals surface area (Å²) in [6.45, 7) is 0. The topological polar surface area (TPSA) is 100 Å². The number of nitriles is 2. The van der Waals surface area contributed by atoms with Gasteiger partial charge in [-0.15, -0.1) is 0 Å². The Kier molecular flexibility index (Phi) is 6.59. The molecule has 1 aliphatic rings. The van der Waals surface area contributed by atoms with Crippen LogP contribution < -0.4 is 0 Å². The van der Waals surface area contributed by atoms with E-state index in [1.807, 2.05) is 12.1 Å². The maximum atomic E-state index is 12.4. The highest BCUT2D eigenvalue weighted by Gasteiger charge is 2.33. The van der Waals surface area contributed by atoms with Crippen molar-refractivity contribution in [1.82, 2.24) is 0 Å². The molecule has 6 nitrogen and oxygen atoms in total. The number of esters is 2. The van der Waals surface area contributed by atoms with E-state index in [9.17, 15) is 9.59 Å². The summed E-state index contributed by atoms with van der Waals surface area (Å²) in [4.78, 5) is 24.8. The normalized spacial score (nSPS) is 18.4. The lowest BCUT2D eigenvalue weighted by atomic mass is 10.1. The minimum Gasteiger partial charge on any atom is -0.454 e. The predicted octanol–water partition coefficient (Wildman–Crippen LogP) is 3.58. The molecule has 0 bridgehead atoms. The first-order chi connectivity index (χ1) is 13.6. The van der Waals surface area contributed by atoms with E-state index >= 15 is 0 Å². The third-order valence-electron chi connectivity index (χ3n) is 3.98. The average Bonchev–Trinajstić information content (AvgIpc) is 2.75. The molecule has 8 heteroatoms. The summed E-state index contributed by atoms with van der Waals surface area (Å²) < 4.78 is 11.1. The maximum absolute atomic E-state index is 12.4. The molecule has 0 aliphatic carbocycles. The van der Waals surface area contributed by atoms with Crippen molar-refractivity contribution in [3.8, 4) is 12.1 Å². The van der Waals surface area contributed by atoms with Crippen molar-refractivity contribution in [2.45, 2.75) is 12.2 Å². The van der Waals surface area contributed by atoms with Gasteiger partial charge in [-0.3, -0.25) is 0 Å². The molecule has 2 aromatic carbocycles. The zero-order valence-corrected chi connectivity index (χ0v) is 16.2. The molecule has 0 N–H and O–H groups in total. The minimum absolute atomic E-state index is 0.333. The number of rotatable bonds is 4. The molecule has 0 radical (unpaired) electrons. The molecule has 1 aliphatic heterocycles. The van der Waals surface area contributed by atoms with Crippen LogP contribution >= 0.6 is 21.6 Å². The first-order valence-corrected chi connectivity index (χ1v) is 10.8. The molecule has 0 unspecified atom stereocenters. The van der Waals surface area contributed by atoms with Crippen molar-refractivity contribution < 1.29 is 19.1 Å². The lowest BCUT2D eigenvalue weighted by molar-refractivity contribution is -0.0212. The Morgan fingerprint density at radius 3 is 1.43 bits per heavy atom. The largest absolute Gasteiger partial charge is 0.454 e. The Bertz CT molecular complexity index is 867. The molecular weight excluding hydrogens is 396 g/mol. The van der Waals surface area contributed by atoms with Gasteiger partial charge in [0.05, 0.1) is 34.4 Å². The highest BCUT2D eigenvalue weighted by molar-refractivity contribution is 8.76. The molecular formula is C20H14N2O4S2. The number of hydrogen-bond donors (Lipinski definition) is 0. The van der Waals surface area contributed by atoms with Crippen molar-refractivity contribution in [1.29, 1.82) is 10.5 Å². The Morgan fingerprint density at radius 2 is 1.11 bits per heavy atom. The Hall–Kier alpha value is -2.94. The van der Waals surface area contributed by atoms with E-state index in [0.29, 0.717) is 33.8 Å². The lowest BCUT2D eigenvalue weighted by Gasteiger charge is -2.29. The van der Waals surface area contributed by atoms with Crippen LogP contribution in [0.2, 0.25) is 0 Å². The summed E-state index contributed by atoms with van der Waals surface area (Å²) in [6, 6.07) is 16.3. The van der Waals surface area contributed by atoms with Crippen LogP contribution in [0, 0.1) is 22.7 Å². The quantitative estimate of drug-likeness (QED) is 0.557. The van der Waals surface area contributed by atoms with Gasteiger partial charge in [-0.25, -0.2) is 9.59 Å². The Labute approximate surface area is 169 Å². The van der Waals surface area contributed by atoms with Gasteiger partial charge in [0.1, 0.15) is 12.2 Å². The highest BCUT2D eigenvalue weighted by Crippen LogP contribution is 2.33. The van der Waals surface area contributed by atoms with Crippen LogP contribution in [0.1, 0.15) is 31.8 Å². The van der Waals surface area contributed by atoms with E-state index in [0.717, 1.165) is 0 Å². The number of hydrogen-bond acceptors (Lipinski definition) is 8. The van der Waals surface area contributed by atoms with Gasteiger partial charge in [0, 0.05) is 11.5 Å². The second-order valence-electron chi connectivity index (χ2n) is 5.83. The average molecular weight is 410 g/mol. The first-order valence-electron chi connectivity index (χ1n) is 8.27. The van der Waals surface area contributed by atoms with Crippen LogP contribution in [-0.2, 0) is 9.47 Å². The number of nitrogens with zero attached hydrogens (tertiary/aromatic N) is 2. The monoisotopic (exact) mass is 410 g/mol. The van der Waals surface area contributed by atoms with E-state index in [1.165, 1.54) is 24.3 Å². The van der Waals surface area contributed by atoms with Crippen LogP contribution in [0.15, 0.2) is 48.5 Å². The van der Waals surface area contributed by atoms with Gasteiger partial charge in [-0.1, -0.05) is 21.6 Å². The highest BCUT2D eigenvalue weighted by atomic mass is 33.1. The van der Waals surface area contributed by atoms with Crippen LogP contribution in [0.4, 0.5) is 0 Å². The summed E-state index contributed by atoms with van der Waals surface area (Å²) in [6.07, 6.45) is -1.14. The number of benzene rings is 2. The lowest BCUT2D eigenvalue weighted by Crippen LogP contribution is -2.40. The van der Waals surface area contributed by atoms with E-state index in [1.54, 1.807) is 45.9 Å². The first kappa shape index (κ1) is 19.8. The molecule has 28 heavy (non-hydrogen) atoms. The molecule has 0 saturated carbocycles. The molecule has 3 rings (SSSR count). The SMILES string of the molecule is N#Cc1ccc(C(=O)O[C@H]2CSSC[C@@H]2OC(=O)c2ccc(C#N)cc2)cc1. The number of ether oxygens (including phenoxy) is 2. The van der Waals surface area contributed by atoms with E-state index in [2.05, 4.69) is 0 Å². The fourth-order valence-electron chi connectivity index (χ4n) is 2.44. The van der Waals surface area contributed by atoms with Crippen molar-refractivity contribution in [3.05, 3.63) is 70.8 Å². The summed E-state index contributed by atoms with van der Waals surface area (Å²) in [7, 11) is 3.09. The van der Waals surface area contributed by atoms with Crippen molar-refractivity contribution in [3.63, 3.8) is 0 Å². The third-order valence-corrected chi connectivity index (χ3v) is 6.39. The van der Waals surface area contributed by atoms with Gasteiger partial charge in [0.2, 0.25) is 0 Å². The Morgan fingerprint density at radius 1 is 0.750 bits per heavy atom. The molecule has 0 aromatic heterocycles. The summed E-state index contributed by atoms with van der Waals surface area (Å²) >= 11 is 0. The smallest absolute Gasteiger partial charge is 0.338 e. The number of carbonyl (C=O) groups excluding carboxylic acids is 2. The predicted molar refractivity (Wildman–Crippen MR) is 106 cm³/mol. The van der Waals surface area contributed by atoms with Crippen LogP contribution in [-0.4, -0.2) is 35.7 Å². The van der Waals surface area contributed by atoms with Gasteiger partial charge in [0.15, 0.2) is 0 Å². The van der Waals surface area contributed by atoms with E-state index < -0.39 is 24.1 Å². The molecule has 0 amide bonds. The van der Waals surface area contributed by atoms with E-state index in [4.69, 9.17) is 20.0 Å². The van der Waals surface area contributed by atoms with E-state index in [-0.39, 0.29) is 0 Å². The minimum atomic E-state index is -0.572. The number of carbonyl (C=O) groups is 2. The van der Waals surface area contributed by atoms with Crippen molar-refractivity contribution >= 4 is 33.5 Å². The van der Waals surface area contributed by atoms with Gasteiger partial charge < -0.3 is 9.47 Å². The fraction of sp³-hybridized carbons (Fsp3) is 0.200. The molecule has 1 saturated heterocycles. The molecule has 1 heterocycles. The zero-order chi connectivity index (χ0) is 19.9. The summed E-state index contributed by atoms with van der Waals surface area (Å²) in [5.41, 5.74) is 1.57. The second-order valence-corrected chi connectivity index (χ2v) is 8.39. The second kappa shape index (κ2) is 9.32. The molecule has 140 valence electrons. The Balaban J connectivity index is 1.65. The van der Waals surface area contributed by atoms with Gasteiger partial charge in [-0.05, 0) is 48.5 Å².